The van der Waals surface area contributed by atoms with Gasteiger partial charge in [-0.25, -0.2) is 0 Å². The highest BCUT2D eigenvalue weighted by Gasteiger charge is 2.28. The SMILES string of the molecule is CSc1ccc(CC(F)(F)F)c(Br)c1. The minimum absolute atomic E-state index is 0.273. The Hall–Kier alpha value is -0.160. The molecule has 5 heteroatoms. The molecule has 0 spiro atoms. The van der Waals surface area contributed by atoms with Crippen molar-refractivity contribution in [2.24, 2.45) is 0 Å². The Bertz CT molecular complexity index is 322. The number of benzene rings is 1. The van der Waals surface area contributed by atoms with Crippen molar-refractivity contribution in [2.75, 3.05) is 6.26 Å². The third-order valence-electron chi connectivity index (χ3n) is 1.65. The first-order valence-electron chi connectivity index (χ1n) is 3.81. The lowest BCUT2D eigenvalue weighted by Gasteiger charge is -2.08. The van der Waals surface area contributed by atoms with Crippen molar-refractivity contribution in [3.63, 3.8) is 0 Å². The molecule has 0 amide bonds. The Morgan fingerprint density at radius 2 is 2.00 bits per heavy atom. The van der Waals surface area contributed by atoms with Gasteiger partial charge in [0.2, 0.25) is 0 Å². The molecule has 0 heterocycles. The van der Waals surface area contributed by atoms with Gasteiger partial charge in [0.1, 0.15) is 0 Å². The average molecular weight is 285 g/mol. The van der Waals surface area contributed by atoms with Gasteiger partial charge in [0.15, 0.2) is 0 Å². The van der Waals surface area contributed by atoms with Crippen LogP contribution in [0.2, 0.25) is 0 Å². The number of hydrogen-bond donors (Lipinski definition) is 0. The molecule has 0 bridgehead atoms. The second-order valence-corrected chi connectivity index (χ2v) is 4.48. The summed E-state index contributed by atoms with van der Waals surface area (Å²) in [6.07, 6.45) is -3.16. The number of hydrogen-bond acceptors (Lipinski definition) is 1. The van der Waals surface area contributed by atoms with Crippen LogP contribution in [-0.4, -0.2) is 12.4 Å². The van der Waals surface area contributed by atoms with Crippen molar-refractivity contribution >= 4 is 27.7 Å². The topological polar surface area (TPSA) is 0 Å². The normalized spacial score (nSPS) is 11.8. The van der Waals surface area contributed by atoms with Crippen LogP contribution in [0.25, 0.3) is 0 Å². The van der Waals surface area contributed by atoms with Gasteiger partial charge in [-0.15, -0.1) is 11.8 Å². The molecule has 0 saturated heterocycles. The summed E-state index contributed by atoms with van der Waals surface area (Å²) in [7, 11) is 0. The van der Waals surface area contributed by atoms with E-state index in [1.165, 1.54) is 17.8 Å². The number of thioether (sulfide) groups is 1. The summed E-state index contributed by atoms with van der Waals surface area (Å²) in [4.78, 5) is 0.947. The lowest BCUT2D eigenvalue weighted by molar-refractivity contribution is -0.127. The molecule has 0 aromatic heterocycles. The molecule has 78 valence electrons. The van der Waals surface area contributed by atoms with Gasteiger partial charge in [0, 0.05) is 9.37 Å². The Labute approximate surface area is 93.0 Å². The van der Waals surface area contributed by atoms with Gasteiger partial charge in [-0.05, 0) is 24.0 Å². The van der Waals surface area contributed by atoms with Crippen molar-refractivity contribution in [2.45, 2.75) is 17.5 Å². The van der Waals surface area contributed by atoms with Crippen molar-refractivity contribution in [1.29, 1.82) is 0 Å². The summed E-state index contributed by atoms with van der Waals surface area (Å²) < 4.78 is 36.7. The Balaban J connectivity index is 2.89. The molecular formula is C9H8BrF3S. The quantitative estimate of drug-likeness (QED) is 0.731. The summed E-state index contributed by atoms with van der Waals surface area (Å²) in [6.45, 7) is 0. The number of alkyl halides is 3. The van der Waals surface area contributed by atoms with E-state index in [-0.39, 0.29) is 5.56 Å². The third-order valence-corrected chi connectivity index (χ3v) is 3.11. The fraction of sp³-hybridized carbons (Fsp3) is 0.333. The zero-order valence-electron chi connectivity index (χ0n) is 7.36. The molecule has 0 aliphatic heterocycles. The molecule has 0 nitrogen and oxygen atoms in total. The first-order valence-corrected chi connectivity index (χ1v) is 5.83. The molecule has 14 heavy (non-hydrogen) atoms. The zero-order chi connectivity index (χ0) is 10.8. The number of halogens is 4. The predicted octanol–water partition coefficient (Wildman–Crippen LogP) is 4.28. The lowest BCUT2D eigenvalue weighted by Crippen LogP contribution is -2.11. The predicted molar refractivity (Wildman–Crippen MR) is 55.7 cm³/mol. The van der Waals surface area contributed by atoms with Crippen LogP contribution in [0.5, 0.6) is 0 Å². The maximum absolute atomic E-state index is 12.1. The van der Waals surface area contributed by atoms with Gasteiger partial charge < -0.3 is 0 Å². The highest BCUT2D eigenvalue weighted by Crippen LogP contribution is 2.29. The van der Waals surface area contributed by atoms with Gasteiger partial charge in [-0.3, -0.25) is 0 Å². The summed E-state index contributed by atoms with van der Waals surface area (Å²) in [5.74, 6) is 0. The van der Waals surface area contributed by atoms with Crippen molar-refractivity contribution in [3.8, 4) is 0 Å². The molecule has 1 aromatic carbocycles. The van der Waals surface area contributed by atoms with Crippen molar-refractivity contribution in [3.05, 3.63) is 28.2 Å². The largest absolute Gasteiger partial charge is 0.393 e. The smallest absolute Gasteiger partial charge is 0.171 e. The summed E-state index contributed by atoms with van der Waals surface area (Å²) in [5.41, 5.74) is 0.273. The van der Waals surface area contributed by atoms with E-state index in [0.717, 1.165) is 4.90 Å². The molecule has 0 radical (unpaired) electrons. The monoisotopic (exact) mass is 284 g/mol. The van der Waals surface area contributed by atoms with E-state index in [1.807, 2.05) is 6.26 Å². The second kappa shape index (κ2) is 4.57. The van der Waals surface area contributed by atoms with Crippen LogP contribution in [0, 0.1) is 0 Å². The van der Waals surface area contributed by atoms with E-state index < -0.39 is 12.6 Å². The van der Waals surface area contributed by atoms with Crippen molar-refractivity contribution in [1.82, 2.24) is 0 Å². The molecule has 1 aromatic rings. The van der Waals surface area contributed by atoms with Gasteiger partial charge in [0.25, 0.3) is 0 Å². The summed E-state index contributed by atoms with van der Waals surface area (Å²) >= 11 is 4.63. The zero-order valence-corrected chi connectivity index (χ0v) is 9.76. The van der Waals surface area contributed by atoms with E-state index in [2.05, 4.69) is 15.9 Å². The molecule has 0 atom stereocenters. The molecule has 0 aliphatic rings. The van der Waals surface area contributed by atoms with Crippen molar-refractivity contribution < 1.29 is 13.2 Å². The molecule has 0 N–H and O–H groups in total. The van der Waals surface area contributed by atoms with E-state index >= 15 is 0 Å². The first-order chi connectivity index (χ1) is 6.42. The Morgan fingerprint density at radius 1 is 1.36 bits per heavy atom. The van der Waals surface area contributed by atoms with E-state index in [9.17, 15) is 13.2 Å². The average Bonchev–Trinajstić information content (AvgIpc) is 2.06. The Kier molecular flexibility index (Phi) is 3.89. The molecule has 0 saturated carbocycles. The highest BCUT2D eigenvalue weighted by molar-refractivity contribution is 9.10. The van der Waals surface area contributed by atoms with Crippen LogP contribution in [0.15, 0.2) is 27.6 Å². The van der Waals surface area contributed by atoms with E-state index in [0.29, 0.717) is 4.47 Å². The van der Waals surface area contributed by atoms with Crippen LogP contribution in [0.4, 0.5) is 13.2 Å². The molecule has 1 rings (SSSR count). The van der Waals surface area contributed by atoms with Crippen LogP contribution in [0.3, 0.4) is 0 Å². The lowest BCUT2D eigenvalue weighted by atomic mass is 10.1. The fourth-order valence-corrected chi connectivity index (χ4v) is 2.12. The van der Waals surface area contributed by atoms with Gasteiger partial charge in [0.05, 0.1) is 6.42 Å². The standard InChI is InChI=1S/C9H8BrF3S/c1-14-7-3-2-6(8(10)4-7)5-9(11,12)13/h2-4H,5H2,1H3. The summed E-state index contributed by atoms with van der Waals surface area (Å²) in [5, 5.41) is 0. The maximum Gasteiger partial charge on any atom is 0.393 e. The maximum atomic E-state index is 12.1. The fourth-order valence-electron chi connectivity index (χ4n) is 1.01. The summed E-state index contributed by atoms with van der Waals surface area (Å²) in [6, 6.07) is 4.89. The van der Waals surface area contributed by atoms with Gasteiger partial charge in [-0.2, -0.15) is 13.2 Å². The van der Waals surface area contributed by atoms with E-state index in [1.54, 1.807) is 12.1 Å². The molecule has 0 unspecified atom stereocenters. The van der Waals surface area contributed by atoms with Crippen LogP contribution in [0.1, 0.15) is 5.56 Å². The van der Waals surface area contributed by atoms with Gasteiger partial charge >= 0.3 is 6.18 Å². The second-order valence-electron chi connectivity index (χ2n) is 2.75. The van der Waals surface area contributed by atoms with Crippen LogP contribution in [-0.2, 0) is 6.42 Å². The minimum atomic E-state index is -4.15. The Morgan fingerprint density at radius 3 is 2.43 bits per heavy atom. The minimum Gasteiger partial charge on any atom is -0.171 e. The molecule has 0 aliphatic carbocycles. The number of rotatable bonds is 2. The third kappa shape index (κ3) is 3.53. The van der Waals surface area contributed by atoms with Crippen LogP contribution >= 0.6 is 27.7 Å². The van der Waals surface area contributed by atoms with E-state index in [4.69, 9.17) is 0 Å². The first kappa shape index (κ1) is 11.9. The molecular weight excluding hydrogens is 277 g/mol. The highest BCUT2D eigenvalue weighted by atomic mass is 79.9. The molecule has 0 fully saturated rings. The van der Waals surface area contributed by atoms with Crippen LogP contribution < -0.4 is 0 Å². The van der Waals surface area contributed by atoms with Gasteiger partial charge in [-0.1, -0.05) is 22.0 Å².